The molecule has 76 valence electrons. The highest BCUT2D eigenvalue weighted by Crippen LogP contribution is 2.54. The summed E-state index contributed by atoms with van der Waals surface area (Å²) in [4.78, 5) is 4.19. The van der Waals surface area contributed by atoms with Gasteiger partial charge in [0.25, 0.3) is 0 Å². The van der Waals surface area contributed by atoms with Crippen LogP contribution in [0.4, 0.5) is 0 Å². The molecule has 3 rings (SSSR count). The minimum Gasteiger partial charge on any atom is -0.338 e. The third kappa shape index (κ3) is 1.69. The quantitative estimate of drug-likeness (QED) is 0.837. The van der Waals surface area contributed by atoms with E-state index < -0.39 is 0 Å². The van der Waals surface area contributed by atoms with Crippen molar-refractivity contribution in [3.8, 4) is 0 Å². The van der Waals surface area contributed by atoms with E-state index in [-0.39, 0.29) is 0 Å². The number of hydrogen-bond donors (Lipinski definition) is 0. The molecule has 1 aromatic carbocycles. The van der Waals surface area contributed by atoms with Gasteiger partial charge in [-0.05, 0) is 39.0 Å². The van der Waals surface area contributed by atoms with Gasteiger partial charge >= 0.3 is 0 Å². The Morgan fingerprint density at radius 1 is 1.20 bits per heavy atom. The molecule has 1 fully saturated rings. The summed E-state index contributed by atoms with van der Waals surface area (Å²) in [5.74, 6) is 1.71. The SMILES string of the molecule is Brc1noc(C2CC2c2ccccc2)n1. The lowest BCUT2D eigenvalue weighted by molar-refractivity contribution is 0.375. The highest BCUT2D eigenvalue weighted by Gasteiger charge is 2.43. The van der Waals surface area contributed by atoms with Gasteiger partial charge in [-0.25, -0.2) is 0 Å². The highest BCUT2D eigenvalue weighted by atomic mass is 79.9. The van der Waals surface area contributed by atoms with Crippen molar-refractivity contribution < 1.29 is 4.52 Å². The Balaban J connectivity index is 1.80. The summed E-state index contributed by atoms with van der Waals surface area (Å²) in [7, 11) is 0. The standard InChI is InChI=1S/C11H9BrN2O/c12-11-13-10(15-14-11)9-6-8(9)7-4-2-1-3-5-7/h1-5,8-9H,6H2. The molecule has 1 aliphatic rings. The van der Waals surface area contributed by atoms with Crippen LogP contribution in [-0.2, 0) is 0 Å². The summed E-state index contributed by atoms with van der Waals surface area (Å²) in [5.41, 5.74) is 1.36. The van der Waals surface area contributed by atoms with Crippen LogP contribution < -0.4 is 0 Å². The van der Waals surface area contributed by atoms with Crippen LogP contribution in [0, 0.1) is 0 Å². The summed E-state index contributed by atoms with van der Waals surface area (Å²) in [6.45, 7) is 0. The van der Waals surface area contributed by atoms with Gasteiger partial charge in [0.2, 0.25) is 10.6 Å². The van der Waals surface area contributed by atoms with Gasteiger partial charge in [-0.2, -0.15) is 4.98 Å². The number of benzene rings is 1. The smallest absolute Gasteiger partial charge is 0.238 e. The molecule has 3 nitrogen and oxygen atoms in total. The number of rotatable bonds is 2. The van der Waals surface area contributed by atoms with Gasteiger partial charge in [-0.1, -0.05) is 30.3 Å². The highest BCUT2D eigenvalue weighted by molar-refractivity contribution is 9.10. The Bertz CT molecular complexity index is 468. The van der Waals surface area contributed by atoms with Crippen molar-refractivity contribution >= 4 is 15.9 Å². The lowest BCUT2D eigenvalue weighted by Gasteiger charge is -1.95. The zero-order valence-corrected chi connectivity index (χ0v) is 9.52. The van der Waals surface area contributed by atoms with Crippen LogP contribution in [0.15, 0.2) is 39.6 Å². The molecule has 0 aliphatic heterocycles. The van der Waals surface area contributed by atoms with Crippen LogP contribution in [0.3, 0.4) is 0 Å². The van der Waals surface area contributed by atoms with E-state index in [9.17, 15) is 0 Å². The van der Waals surface area contributed by atoms with E-state index in [1.807, 2.05) is 6.07 Å². The third-order valence-electron chi connectivity index (χ3n) is 2.75. The lowest BCUT2D eigenvalue weighted by Crippen LogP contribution is -1.83. The monoisotopic (exact) mass is 264 g/mol. The van der Waals surface area contributed by atoms with Crippen molar-refractivity contribution in [2.24, 2.45) is 0 Å². The van der Waals surface area contributed by atoms with Crippen LogP contribution in [0.25, 0.3) is 0 Å². The molecule has 0 N–H and O–H groups in total. The van der Waals surface area contributed by atoms with E-state index in [2.05, 4.69) is 50.3 Å². The van der Waals surface area contributed by atoms with Gasteiger partial charge in [-0.3, -0.25) is 0 Å². The summed E-state index contributed by atoms with van der Waals surface area (Å²) in [6.07, 6.45) is 1.11. The average molecular weight is 265 g/mol. The molecule has 0 radical (unpaired) electrons. The van der Waals surface area contributed by atoms with E-state index >= 15 is 0 Å². The first-order valence-electron chi connectivity index (χ1n) is 4.88. The minimum atomic E-state index is 0.409. The molecule has 2 atom stereocenters. The number of aromatic nitrogens is 2. The molecule has 1 heterocycles. The molecule has 0 amide bonds. The van der Waals surface area contributed by atoms with Crippen LogP contribution in [0.5, 0.6) is 0 Å². The van der Waals surface area contributed by atoms with E-state index in [0.717, 1.165) is 12.3 Å². The van der Waals surface area contributed by atoms with Gasteiger partial charge in [0.15, 0.2) is 0 Å². The first-order chi connectivity index (χ1) is 7.34. The molecule has 15 heavy (non-hydrogen) atoms. The maximum atomic E-state index is 5.13. The first kappa shape index (κ1) is 9.09. The van der Waals surface area contributed by atoms with Gasteiger partial charge in [-0.15, -0.1) is 0 Å². The predicted molar refractivity (Wildman–Crippen MR) is 58.5 cm³/mol. The summed E-state index contributed by atoms with van der Waals surface area (Å²) < 4.78 is 5.67. The van der Waals surface area contributed by atoms with Crippen molar-refractivity contribution in [1.82, 2.24) is 10.1 Å². The molecule has 2 aromatic rings. The minimum absolute atomic E-state index is 0.409. The van der Waals surface area contributed by atoms with Crippen LogP contribution >= 0.6 is 15.9 Å². The molecular formula is C11H9BrN2O. The van der Waals surface area contributed by atoms with E-state index in [1.54, 1.807) is 0 Å². The Morgan fingerprint density at radius 2 is 2.00 bits per heavy atom. The fraction of sp³-hybridized carbons (Fsp3) is 0.273. The number of hydrogen-bond acceptors (Lipinski definition) is 3. The van der Waals surface area contributed by atoms with Gasteiger partial charge in [0.05, 0.1) is 0 Å². The summed E-state index contributed by atoms with van der Waals surface area (Å²) in [6, 6.07) is 10.5. The van der Waals surface area contributed by atoms with Crippen molar-refractivity contribution in [2.45, 2.75) is 18.3 Å². The Hall–Kier alpha value is -1.16. The largest absolute Gasteiger partial charge is 0.338 e. The van der Waals surface area contributed by atoms with E-state index in [1.165, 1.54) is 5.56 Å². The van der Waals surface area contributed by atoms with Crippen molar-refractivity contribution in [3.05, 3.63) is 46.5 Å². The fourth-order valence-electron chi connectivity index (χ4n) is 1.90. The topological polar surface area (TPSA) is 38.9 Å². The van der Waals surface area contributed by atoms with Crippen LogP contribution in [-0.4, -0.2) is 10.1 Å². The maximum Gasteiger partial charge on any atom is 0.238 e. The first-order valence-corrected chi connectivity index (χ1v) is 5.68. The molecule has 1 aliphatic carbocycles. The van der Waals surface area contributed by atoms with E-state index in [0.29, 0.717) is 16.6 Å². The fourth-order valence-corrected chi connectivity index (χ4v) is 2.15. The second-order valence-corrected chi connectivity index (χ2v) is 4.47. The van der Waals surface area contributed by atoms with Gasteiger partial charge < -0.3 is 4.52 Å². The molecule has 1 aromatic heterocycles. The predicted octanol–water partition coefficient (Wildman–Crippen LogP) is 3.10. The molecular weight excluding hydrogens is 256 g/mol. The Labute approximate surface area is 95.6 Å². The van der Waals surface area contributed by atoms with Crippen LogP contribution in [0.1, 0.15) is 29.7 Å². The van der Waals surface area contributed by atoms with Gasteiger partial charge in [0, 0.05) is 5.92 Å². The maximum absolute atomic E-state index is 5.13. The molecule has 1 saturated carbocycles. The van der Waals surface area contributed by atoms with Crippen LogP contribution in [0.2, 0.25) is 0 Å². The molecule has 0 bridgehead atoms. The Morgan fingerprint density at radius 3 is 2.67 bits per heavy atom. The molecule has 0 saturated heterocycles. The average Bonchev–Trinajstić information content (AvgIpc) is 2.96. The number of nitrogens with zero attached hydrogens (tertiary/aromatic N) is 2. The third-order valence-corrected chi connectivity index (χ3v) is 3.07. The zero-order chi connectivity index (χ0) is 10.3. The summed E-state index contributed by atoms with van der Waals surface area (Å²) >= 11 is 3.19. The normalized spacial score (nSPS) is 24.1. The molecule has 2 unspecified atom stereocenters. The number of halogens is 1. The molecule has 0 spiro atoms. The second-order valence-electron chi connectivity index (χ2n) is 3.76. The Kier molecular flexibility index (Phi) is 2.09. The molecule has 4 heteroatoms. The lowest BCUT2D eigenvalue weighted by atomic mass is 10.1. The van der Waals surface area contributed by atoms with Crippen molar-refractivity contribution in [1.29, 1.82) is 0 Å². The van der Waals surface area contributed by atoms with Crippen molar-refractivity contribution in [2.75, 3.05) is 0 Å². The van der Waals surface area contributed by atoms with E-state index in [4.69, 9.17) is 4.52 Å². The van der Waals surface area contributed by atoms with Gasteiger partial charge in [0.1, 0.15) is 0 Å². The zero-order valence-electron chi connectivity index (χ0n) is 7.93. The second kappa shape index (κ2) is 3.45. The van der Waals surface area contributed by atoms with Crippen molar-refractivity contribution in [3.63, 3.8) is 0 Å². The summed E-state index contributed by atoms with van der Waals surface area (Å²) in [5, 5.41) is 3.74.